The van der Waals surface area contributed by atoms with Crippen molar-refractivity contribution in [1.82, 2.24) is 14.9 Å². The van der Waals surface area contributed by atoms with Crippen LogP contribution in [0.2, 0.25) is 0 Å². The Labute approximate surface area is 132 Å². The molecular weight excluding hydrogens is 281 g/mol. The molecule has 1 fully saturated rings. The summed E-state index contributed by atoms with van der Waals surface area (Å²) in [4.78, 5) is 15.5. The van der Waals surface area contributed by atoms with Crippen molar-refractivity contribution in [2.75, 3.05) is 6.54 Å². The lowest BCUT2D eigenvalue weighted by molar-refractivity contribution is -0.118. The van der Waals surface area contributed by atoms with Gasteiger partial charge in [-0.3, -0.25) is 4.79 Å². The van der Waals surface area contributed by atoms with E-state index in [9.17, 15) is 4.79 Å². The average Bonchev–Trinajstić information content (AvgIpc) is 2.86. The predicted octanol–water partition coefficient (Wildman–Crippen LogP) is 1.57. The first-order valence-corrected chi connectivity index (χ1v) is 7.40. The lowest BCUT2D eigenvalue weighted by atomic mass is 9.77. The molecule has 7 heteroatoms. The lowest BCUT2D eigenvalue weighted by Gasteiger charge is -2.32. The van der Waals surface area contributed by atoms with Crippen molar-refractivity contribution in [3.63, 3.8) is 0 Å². The van der Waals surface area contributed by atoms with Gasteiger partial charge in [0.2, 0.25) is 5.91 Å². The molecule has 1 aromatic heterocycles. The molecule has 0 spiro atoms. The third kappa shape index (κ3) is 3.42. The van der Waals surface area contributed by atoms with Crippen LogP contribution in [0.25, 0.3) is 6.08 Å². The van der Waals surface area contributed by atoms with E-state index < -0.39 is 18.3 Å². The van der Waals surface area contributed by atoms with E-state index in [0.29, 0.717) is 6.54 Å². The topological polar surface area (TPSA) is 65.4 Å². The highest BCUT2D eigenvalue weighted by Gasteiger charge is 2.52. The number of amides is 1. The normalized spacial score (nSPS) is 20.3. The Kier molecular flexibility index (Phi) is 4.49. The molecule has 1 aliphatic rings. The van der Waals surface area contributed by atoms with E-state index >= 15 is 0 Å². The van der Waals surface area contributed by atoms with E-state index in [0.717, 1.165) is 11.3 Å². The van der Waals surface area contributed by atoms with Gasteiger partial charge < -0.3 is 19.2 Å². The number of aromatic nitrogens is 2. The van der Waals surface area contributed by atoms with Crippen molar-refractivity contribution >= 4 is 19.1 Å². The van der Waals surface area contributed by atoms with Crippen LogP contribution < -0.4 is 5.32 Å². The number of aryl methyl sites for hydroxylation is 1. The van der Waals surface area contributed by atoms with Gasteiger partial charge in [0.1, 0.15) is 5.82 Å². The number of hydrogen-bond donors (Lipinski definition) is 1. The van der Waals surface area contributed by atoms with Gasteiger partial charge in [-0.25, -0.2) is 4.98 Å². The van der Waals surface area contributed by atoms with Gasteiger partial charge in [0.05, 0.1) is 11.2 Å². The van der Waals surface area contributed by atoms with Gasteiger partial charge in [0, 0.05) is 32.9 Å². The van der Waals surface area contributed by atoms with Crippen LogP contribution in [0.1, 0.15) is 40.4 Å². The minimum Gasteiger partial charge on any atom is -0.400 e. The van der Waals surface area contributed by atoms with Crippen LogP contribution in [0.4, 0.5) is 0 Å². The second-order valence-corrected chi connectivity index (χ2v) is 6.61. The van der Waals surface area contributed by atoms with Crippen LogP contribution in [0.3, 0.4) is 0 Å². The van der Waals surface area contributed by atoms with Crippen molar-refractivity contribution in [2.24, 2.45) is 7.05 Å². The third-order valence-electron chi connectivity index (χ3n) is 4.27. The van der Waals surface area contributed by atoms with Crippen LogP contribution in [0.15, 0.2) is 17.9 Å². The summed E-state index contributed by atoms with van der Waals surface area (Å²) in [5.74, 6) is 0.692. The Morgan fingerprint density at radius 3 is 2.41 bits per heavy atom. The van der Waals surface area contributed by atoms with E-state index in [1.165, 1.54) is 6.92 Å². The molecule has 0 bridgehead atoms. The number of carbonyl (C=O) groups is 1. The van der Waals surface area contributed by atoms with Gasteiger partial charge in [-0.2, -0.15) is 0 Å². The molecule has 22 heavy (non-hydrogen) atoms. The number of hydrogen-bond acceptors (Lipinski definition) is 4. The monoisotopic (exact) mass is 305 g/mol. The zero-order valence-corrected chi connectivity index (χ0v) is 14.1. The van der Waals surface area contributed by atoms with E-state index in [2.05, 4.69) is 10.3 Å². The highest BCUT2D eigenvalue weighted by Crippen LogP contribution is 2.38. The van der Waals surface area contributed by atoms with E-state index in [4.69, 9.17) is 9.31 Å². The standard InChI is InChI=1S/C15H24BN3O3/c1-11(20)18-10-12(9-13-17-7-8-19(13)6)16-21-14(2,3)15(4,5)22-16/h7-9H,10H2,1-6H3,(H,18,20). The summed E-state index contributed by atoms with van der Waals surface area (Å²) in [5.41, 5.74) is -0.00776. The molecular formula is C15H24BN3O3. The maximum Gasteiger partial charge on any atom is 0.492 e. The Morgan fingerprint density at radius 1 is 1.36 bits per heavy atom. The number of imidazole rings is 1. The molecule has 1 aliphatic heterocycles. The molecule has 1 amide bonds. The van der Waals surface area contributed by atoms with E-state index in [1.54, 1.807) is 6.20 Å². The van der Waals surface area contributed by atoms with Crippen LogP contribution in [-0.4, -0.2) is 40.3 Å². The van der Waals surface area contributed by atoms with E-state index in [-0.39, 0.29) is 5.91 Å². The van der Waals surface area contributed by atoms with Gasteiger partial charge >= 0.3 is 7.12 Å². The number of rotatable bonds is 4. The maximum absolute atomic E-state index is 11.2. The second-order valence-electron chi connectivity index (χ2n) is 6.61. The average molecular weight is 305 g/mol. The van der Waals surface area contributed by atoms with Crippen molar-refractivity contribution in [1.29, 1.82) is 0 Å². The second kappa shape index (κ2) is 5.89. The number of nitrogens with one attached hydrogen (secondary N) is 1. The molecule has 0 aromatic carbocycles. The Balaban J connectivity index is 2.28. The van der Waals surface area contributed by atoms with Crippen molar-refractivity contribution in [3.8, 4) is 0 Å². The van der Waals surface area contributed by atoms with Gasteiger partial charge in [0.15, 0.2) is 0 Å². The molecule has 0 aliphatic carbocycles. The summed E-state index contributed by atoms with van der Waals surface area (Å²) in [6.45, 7) is 9.86. The molecule has 6 nitrogen and oxygen atoms in total. The van der Waals surface area contributed by atoms with Gasteiger partial charge in [0.25, 0.3) is 0 Å². The van der Waals surface area contributed by atoms with E-state index in [1.807, 2.05) is 51.6 Å². The molecule has 0 unspecified atom stereocenters. The number of nitrogens with zero attached hydrogens (tertiary/aromatic N) is 2. The predicted molar refractivity (Wildman–Crippen MR) is 86.0 cm³/mol. The van der Waals surface area contributed by atoms with Crippen molar-refractivity contribution < 1.29 is 14.1 Å². The summed E-state index contributed by atoms with van der Waals surface area (Å²) in [7, 11) is 1.41. The Hall–Kier alpha value is -1.60. The summed E-state index contributed by atoms with van der Waals surface area (Å²) >= 11 is 0. The smallest absolute Gasteiger partial charge is 0.400 e. The molecule has 1 N–H and O–H groups in total. The zero-order chi connectivity index (χ0) is 16.5. The summed E-state index contributed by atoms with van der Waals surface area (Å²) in [5, 5.41) is 2.80. The highest BCUT2D eigenvalue weighted by atomic mass is 16.7. The fraction of sp³-hybridized carbons (Fsp3) is 0.600. The lowest BCUT2D eigenvalue weighted by Crippen LogP contribution is -2.41. The fourth-order valence-corrected chi connectivity index (χ4v) is 2.11. The Bertz CT molecular complexity index is 577. The van der Waals surface area contributed by atoms with Crippen LogP contribution in [0, 0.1) is 0 Å². The SMILES string of the molecule is CC(=O)NCC(=Cc1nccn1C)B1OC(C)(C)C(C)(C)O1. The molecule has 2 rings (SSSR count). The largest absolute Gasteiger partial charge is 0.492 e. The Morgan fingerprint density at radius 2 is 1.95 bits per heavy atom. The molecule has 120 valence electrons. The van der Waals surface area contributed by atoms with Crippen LogP contribution in [-0.2, 0) is 21.2 Å². The molecule has 2 heterocycles. The molecule has 0 saturated carbocycles. The quantitative estimate of drug-likeness (QED) is 0.858. The maximum atomic E-state index is 11.2. The fourth-order valence-electron chi connectivity index (χ4n) is 2.11. The molecule has 0 radical (unpaired) electrons. The molecule has 0 atom stereocenters. The van der Waals surface area contributed by atoms with Crippen LogP contribution in [0.5, 0.6) is 0 Å². The molecule has 1 saturated heterocycles. The third-order valence-corrected chi connectivity index (χ3v) is 4.27. The minimum absolute atomic E-state index is 0.0951. The first-order valence-electron chi connectivity index (χ1n) is 7.40. The van der Waals surface area contributed by atoms with Crippen molar-refractivity contribution in [2.45, 2.75) is 45.8 Å². The van der Waals surface area contributed by atoms with Crippen molar-refractivity contribution in [3.05, 3.63) is 23.7 Å². The number of carbonyl (C=O) groups excluding carboxylic acids is 1. The van der Waals surface area contributed by atoms with Gasteiger partial charge in [-0.05, 0) is 39.2 Å². The minimum atomic E-state index is -0.506. The first kappa shape index (κ1) is 16.8. The summed E-state index contributed by atoms with van der Waals surface area (Å²) < 4.78 is 14.0. The van der Waals surface area contributed by atoms with Gasteiger partial charge in [-0.15, -0.1) is 0 Å². The summed E-state index contributed by atoms with van der Waals surface area (Å²) in [6, 6.07) is 0. The molecule has 1 aromatic rings. The van der Waals surface area contributed by atoms with Crippen LogP contribution >= 0.6 is 0 Å². The highest BCUT2D eigenvalue weighted by molar-refractivity contribution is 6.55. The zero-order valence-electron chi connectivity index (χ0n) is 14.1. The van der Waals surface area contributed by atoms with Gasteiger partial charge in [-0.1, -0.05) is 0 Å². The first-order chi connectivity index (χ1) is 10.1. The summed E-state index contributed by atoms with van der Waals surface area (Å²) in [6.07, 6.45) is 5.50.